The molecule has 0 radical (unpaired) electrons. The summed E-state index contributed by atoms with van der Waals surface area (Å²) in [4.78, 5) is 14.7. The van der Waals surface area contributed by atoms with Crippen molar-refractivity contribution in [3.63, 3.8) is 0 Å². The van der Waals surface area contributed by atoms with Gasteiger partial charge in [-0.05, 0) is 12.1 Å². The van der Waals surface area contributed by atoms with Crippen LogP contribution < -0.4 is 5.32 Å². The minimum Gasteiger partial charge on any atom is -0.507 e. The fraction of sp³-hybridized carbons (Fsp3) is 0.0909. The zero-order valence-electron chi connectivity index (χ0n) is 9.23. The zero-order chi connectivity index (χ0) is 14.0. The Hall–Kier alpha value is -2.51. The predicted molar refractivity (Wildman–Crippen MR) is 57.6 cm³/mol. The topological polar surface area (TPSA) is 75.4 Å². The Morgan fingerprint density at radius 2 is 2.00 bits per heavy atom. The van der Waals surface area contributed by atoms with Crippen molar-refractivity contribution in [1.29, 1.82) is 0 Å². The molecule has 100 valence electrons. The molecule has 1 aromatic carbocycles. The molecule has 2 N–H and O–H groups in total. The molecule has 0 bridgehead atoms. The smallest absolute Gasteiger partial charge is 0.469 e. The lowest BCUT2D eigenvalue weighted by atomic mass is 10.2. The molecule has 0 unspecified atom stereocenters. The highest BCUT2D eigenvalue weighted by Gasteiger charge is 2.37. The number of amides is 1. The van der Waals surface area contributed by atoms with Crippen LogP contribution in [0.5, 0.6) is 5.75 Å². The van der Waals surface area contributed by atoms with Crippen LogP contribution in [0.1, 0.15) is 16.2 Å². The van der Waals surface area contributed by atoms with E-state index < -0.39 is 18.0 Å². The number of aromatic nitrogens is 1. The zero-order valence-corrected chi connectivity index (χ0v) is 9.23. The number of phenolic OH excluding ortho intramolecular Hbond substituents is 1. The molecule has 0 saturated carbocycles. The molecular formula is C11H7F3N2O3. The number of hydrogen-bond donors (Lipinski definition) is 2. The van der Waals surface area contributed by atoms with E-state index in [1.165, 1.54) is 24.3 Å². The molecule has 1 heterocycles. The highest BCUT2D eigenvalue weighted by molar-refractivity contribution is 6.05. The Kier molecular flexibility index (Phi) is 3.16. The Morgan fingerprint density at radius 3 is 2.58 bits per heavy atom. The van der Waals surface area contributed by atoms with Crippen molar-refractivity contribution < 1.29 is 27.5 Å². The molecule has 2 aromatic rings. The highest BCUT2D eigenvalue weighted by atomic mass is 19.4. The van der Waals surface area contributed by atoms with Gasteiger partial charge in [-0.2, -0.15) is 18.2 Å². The summed E-state index contributed by atoms with van der Waals surface area (Å²) in [5.74, 6) is -2.93. The third-order valence-corrected chi connectivity index (χ3v) is 2.14. The van der Waals surface area contributed by atoms with Gasteiger partial charge in [-0.1, -0.05) is 12.1 Å². The van der Waals surface area contributed by atoms with Crippen LogP contribution in [0.25, 0.3) is 0 Å². The lowest BCUT2D eigenvalue weighted by Gasteiger charge is -2.03. The molecule has 1 amide bonds. The lowest BCUT2D eigenvalue weighted by molar-refractivity contribution is -0.157. The number of anilines is 1. The van der Waals surface area contributed by atoms with Crippen LogP contribution in [0.4, 0.5) is 19.0 Å². The SMILES string of the molecule is O=C(Nc1coc(C(F)(F)F)n1)c1ccccc1O. The van der Waals surface area contributed by atoms with Crippen LogP contribution in [0, 0.1) is 0 Å². The first-order valence-electron chi connectivity index (χ1n) is 5.00. The summed E-state index contributed by atoms with van der Waals surface area (Å²) in [6.07, 6.45) is -4.06. The number of aromatic hydroxyl groups is 1. The lowest BCUT2D eigenvalue weighted by Crippen LogP contribution is -2.13. The molecule has 0 spiro atoms. The molecular weight excluding hydrogens is 265 g/mol. The summed E-state index contributed by atoms with van der Waals surface area (Å²) in [6, 6.07) is 5.59. The van der Waals surface area contributed by atoms with Crippen LogP contribution in [0.3, 0.4) is 0 Å². The van der Waals surface area contributed by atoms with Crippen LogP contribution in [-0.2, 0) is 6.18 Å². The summed E-state index contributed by atoms with van der Waals surface area (Å²) >= 11 is 0. The van der Waals surface area contributed by atoms with Gasteiger partial charge < -0.3 is 14.8 Å². The number of oxazole rings is 1. The van der Waals surface area contributed by atoms with Crippen LogP contribution in [-0.4, -0.2) is 16.0 Å². The first-order valence-corrected chi connectivity index (χ1v) is 5.00. The molecule has 8 heteroatoms. The number of para-hydroxylation sites is 1. The first-order chi connectivity index (χ1) is 8.88. The van der Waals surface area contributed by atoms with Gasteiger partial charge in [0.2, 0.25) is 0 Å². The number of hydrogen-bond acceptors (Lipinski definition) is 4. The molecule has 1 aromatic heterocycles. The van der Waals surface area contributed by atoms with E-state index in [1.54, 1.807) is 0 Å². The van der Waals surface area contributed by atoms with Gasteiger partial charge in [0.05, 0.1) is 5.56 Å². The average molecular weight is 272 g/mol. The number of rotatable bonds is 2. The molecule has 0 aliphatic heterocycles. The fourth-order valence-corrected chi connectivity index (χ4v) is 1.31. The summed E-state index contributed by atoms with van der Waals surface area (Å²) < 4.78 is 40.8. The van der Waals surface area contributed by atoms with Crippen molar-refractivity contribution in [2.45, 2.75) is 6.18 Å². The normalized spacial score (nSPS) is 11.3. The van der Waals surface area contributed by atoms with Gasteiger partial charge in [0.25, 0.3) is 5.91 Å². The van der Waals surface area contributed by atoms with E-state index in [0.29, 0.717) is 6.26 Å². The third kappa shape index (κ3) is 2.84. The quantitative estimate of drug-likeness (QED) is 0.881. The number of halogens is 3. The second kappa shape index (κ2) is 4.63. The van der Waals surface area contributed by atoms with Crippen LogP contribution >= 0.6 is 0 Å². The minimum atomic E-state index is -4.72. The van der Waals surface area contributed by atoms with Crippen molar-refractivity contribution in [2.75, 3.05) is 5.32 Å². The Bertz CT molecular complexity index is 607. The monoisotopic (exact) mass is 272 g/mol. The van der Waals surface area contributed by atoms with Crippen LogP contribution in [0.15, 0.2) is 34.9 Å². The van der Waals surface area contributed by atoms with Gasteiger partial charge in [0.15, 0.2) is 5.82 Å². The molecule has 0 atom stereocenters. The molecule has 19 heavy (non-hydrogen) atoms. The minimum absolute atomic E-state index is 0.0842. The second-order valence-corrected chi connectivity index (χ2v) is 3.51. The van der Waals surface area contributed by atoms with E-state index in [-0.39, 0.29) is 17.1 Å². The number of benzene rings is 1. The number of nitrogens with one attached hydrogen (secondary N) is 1. The fourth-order valence-electron chi connectivity index (χ4n) is 1.31. The summed E-state index contributed by atoms with van der Waals surface area (Å²) in [7, 11) is 0. The van der Waals surface area contributed by atoms with Gasteiger partial charge in [-0.3, -0.25) is 4.79 Å². The van der Waals surface area contributed by atoms with E-state index in [1.807, 2.05) is 0 Å². The molecule has 5 nitrogen and oxygen atoms in total. The standard InChI is InChI=1S/C11H7F3N2O3/c12-11(13,14)10-16-8(5-19-10)15-9(18)6-3-1-2-4-7(6)17/h1-5,17H,(H,15,18). The van der Waals surface area contributed by atoms with Gasteiger partial charge in [0.1, 0.15) is 12.0 Å². The van der Waals surface area contributed by atoms with E-state index in [0.717, 1.165) is 0 Å². The Morgan fingerprint density at radius 1 is 1.32 bits per heavy atom. The van der Waals surface area contributed by atoms with Gasteiger partial charge in [-0.25, -0.2) is 0 Å². The van der Waals surface area contributed by atoms with E-state index in [4.69, 9.17) is 0 Å². The molecule has 0 aliphatic rings. The Labute approximate surface area is 104 Å². The molecule has 2 rings (SSSR count). The second-order valence-electron chi connectivity index (χ2n) is 3.51. The highest BCUT2D eigenvalue weighted by Crippen LogP contribution is 2.29. The van der Waals surface area contributed by atoms with Crippen molar-refractivity contribution in [1.82, 2.24) is 4.98 Å². The summed E-state index contributed by atoms with van der Waals surface area (Å²) in [6.45, 7) is 0. The largest absolute Gasteiger partial charge is 0.507 e. The molecule has 0 saturated heterocycles. The van der Waals surface area contributed by atoms with E-state index in [2.05, 4.69) is 14.7 Å². The van der Waals surface area contributed by atoms with Gasteiger partial charge >= 0.3 is 12.1 Å². The van der Waals surface area contributed by atoms with Gasteiger partial charge in [-0.15, -0.1) is 0 Å². The molecule has 0 fully saturated rings. The van der Waals surface area contributed by atoms with Crippen molar-refractivity contribution in [3.8, 4) is 5.75 Å². The maximum Gasteiger partial charge on any atom is 0.469 e. The summed E-state index contributed by atoms with van der Waals surface area (Å²) in [5.41, 5.74) is -0.0842. The number of phenols is 1. The number of carbonyl (C=O) groups is 1. The summed E-state index contributed by atoms with van der Waals surface area (Å²) in [5, 5.41) is 11.5. The number of carbonyl (C=O) groups excluding carboxylic acids is 1. The number of alkyl halides is 3. The van der Waals surface area contributed by atoms with Crippen LogP contribution in [0.2, 0.25) is 0 Å². The van der Waals surface area contributed by atoms with E-state index in [9.17, 15) is 23.1 Å². The third-order valence-electron chi connectivity index (χ3n) is 2.14. The average Bonchev–Trinajstić information content (AvgIpc) is 2.77. The van der Waals surface area contributed by atoms with Crippen molar-refractivity contribution in [2.24, 2.45) is 0 Å². The maximum absolute atomic E-state index is 12.2. The predicted octanol–water partition coefficient (Wildman–Crippen LogP) is 2.65. The van der Waals surface area contributed by atoms with E-state index >= 15 is 0 Å². The molecule has 0 aliphatic carbocycles. The van der Waals surface area contributed by atoms with Crippen molar-refractivity contribution >= 4 is 11.7 Å². The first kappa shape index (κ1) is 12.9. The van der Waals surface area contributed by atoms with Gasteiger partial charge in [0, 0.05) is 0 Å². The Balaban J connectivity index is 2.16. The maximum atomic E-state index is 12.2. The van der Waals surface area contributed by atoms with Crippen molar-refractivity contribution in [3.05, 3.63) is 42.0 Å². The number of nitrogens with zero attached hydrogens (tertiary/aromatic N) is 1.